The zero-order valence-electron chi connectivity index (χ0n) is 14.8. The topological polar surface area (TPSA) is 102 Å². The molecule has 4 rings (SSSR count). The van der Waals surface area contributed by atoms with Gasteiger partial charge in [-0.05, 0) is 26.0 Å². The van der Waals surface area contributed by atoms with E-state index in [9.17, 15) is 10.2 Å². The Labute approximate surface area is 164 Å². The third-order valence-electron chi connectivity index (χ3n) is 4.11. The molecule has 2 N–H and O–H groups in total. The molecular weight excluding hydrogens is 388 g/mol. The van der Waals surface area contributed by atoms with Crippen molar-refractivity contribution >= 4 is 28.1 Å². The lowest BCUT2D eigenvalue weighted by Gasteiger charge is -2.19. The molecule has 1 aliphatic heterocycles. The highest BCUT2D eigenvalue weighted by Gasteiger charge is 2.47. The summed E-state index contributed by atoms with van der Waals surface area (Å²) in [6, 6.07) is 10.1. The number of hydrogen-bond acceptors (Lipinski definition) is 9. The van der Waals surface area contributed by atoms with E-state index in [4.69, 9.17) is 9.47 Å². The Morgan fingerprint density at radius 2 is 2.04 bits per heavy atom. The van der Waals surface area contributed by atoms with Crippen molar-refractivity contribution in [2.75, 3.05) is 6.61 Å². The fourth-order valence-electron chi connectivity index (χ4n) is 2.94. The van der Waals surface area contributed by atoms with Crippen molar-refractivity contribution in [1.82, 2.24) is 19.8 Å². The fraction of sp³-hybridized carbons (Fsp3) is 0.471. The number of rotatable bonds is 6. The van der Waals surface area contributed by atoms with Crippen molar-refractivity contribution < 1.29 is 19.7 Å². The van der Waals surface area contributed by atoms with Crippen LogP contribution in [-0.2, 0) is 15.2 Å². The van der Waals surface area contributed by atoms with Crippen molar-refractivity contribution in [3.05, 3.63) is 41.2 Å². The Balaban J connectivity index is 1.58. The zero-order valence-corrected chi connectivity index (χ0v) is 16.5. The second kappa shape index (κ2) is 7.46. The molecule has 1 aliphatic rings. The van der Waals surface area contributed by atoms with Crippen LogP contribution in [0.2, 0.25) is 0 Å². The first-order chi connectivity index (χ1) is 13.0. The predicted octanol–water partition coefficient (Wildman–Crippen LogP) is 2.02. The van der Waals surface area contributed by atoms with E-state index in [2.05, 4.69) is 27.4 Å². The third kappa shape index (κ3) is 3.86. The molecule has 144 valence electrons. The molecule has 3 aromatic rings. The Hall–Kier alpha value is -1.56. The van der Waals surface area contributed by atoms with Gasteiger partial charge in [-0.1, -0.05) is 29.5 Å². The summed E-state index contributed by atoms with van der Waals surface area (Å²) < 4.78 is 13.3. The summed E-state index contributed by atoms with van der Waals surface area (Å²) in [4.78, 5) is 1.82. The van der Waals surface area contributed by atoms with E-state index in [0.29, 0.717) is 16.5 Å². The molecule has 0 aliphatic carbocycles. The van der Waals surface area contributed by atoms with Crippen LogP contribution in [0.3, 0.4) is 0 Å². The average Bonchev–Trinajstić information content (AvgIpc) is 3.32. The van der Waals surface area contributed by atoms with E-state index >= 15 is 0 Å². The van der Waals surface area contributed by atoms with Crippen LogP contribution in [0.25, 0.3) is 4.96 Å². The molecule has 0 unspecified atom stereocenters. The van der Waals surface area contributed by atoms with E-state index < -0.39 is 30.7 Å². The quantitative estimate of drug-likeness (QED) is 0.598. The molecule has 27 heavy (non-hydrogen) atoms. The third-order valence-corrected chi connectivity index (χ3v) is 6.22. The zero-order chi connectivity index (χ0) is 19.0. The summed E-state index contributed by atoms with van der Waals surface area (Å²) in [6.07, 6.45) is -2.51. The molecule has 1 aromatic carbocycles. The van der Waals surface area contributed by atoms with Crippen LogP contribution in [0.5, 0.6) is 0 Å². The average molecular weight is 409 g/mol. The summed E-state index contributed by atoms with van der Waals surface area (Å²) >= 11 is 3.16. The van der Waals surface area contributed by atoms with E-state index in [1.807, 2.05) is 18.2 Å². The lowest BCUT2D eigenvalue weighted by Crippen LogP contribution is -2.35. The van der Waals surface area contributed by atoms with Crippen LogP contribution in [0.1, 0.15) is 30.8 Å². The molecule has 0 bridgehead atoms. The Morgan fingerprint density at radius 1 is 1.26 bits per heavy atom. The summed E-state index contributed by atoms with van der Waals surface area (Å²) in [5, 5.41) is 33.3. The highest BCUT2D eigenvalue weighted by molar-refractivity contribution is 7.98. The standard InChI is InChI=1S/C17H20N4O4S2/c1-17(2)24-13(11(23)8-22)14(25-17)15-18-19-16-21(15)20-12(27-16)9-26-10-6-4-3-5-7-10/h3-7,11,13-14,22-23H,8-9H2,1-2H3/t11-,13-,14+/m1/s1. The first-order valence-corrected chi connectivity index (χ1v) is 10.3. The molecule has 1 fully saturated rings. The van der Waals surface area contributed by atoms with Gasteiger partial charge >= 0.3 is 0 Å². The number of nitrogens with zero attached hydrogens (tertiary/aromatic N) is 4. The maximum absolute atomic E-state index is 10.1. The van der Waals surface area contributed by atoms with Gasteiger partial charge in [0, 0.05) is 4.90 Å². The smallest absolute Gasteiger partial charge is 0.234 e. The fourth-order valence-corrected chi connectivity index (χ4v) is 4.69. The second-order valence-electron chi connectivity index (χ2n) is 6.62. The summed E-state index contributed by atoms with van der Waals surface area (Å²) in [6.45, 7) is 3.08. The van der Waals surface area contributed by atoms with E-state index in [-0.39, 0.29) is 0 Å². The predicted molar refractivity (Wildman–Crippen MR) is 101 cm³/mol. The highest BCUT2D eigenvalue weighted by atomic mass is 32.2. The SMILES string of the molecule is CC1(C)O[C@H]([C@H](O)CO)[C@@H](c2nnc3sc(CSc4ccccc4)nn23)O1. The van der Waals surface area contributed by atoms with Gasteiger partial charge in [0.2, 0.25) is 4.96 Å². The molecule has 0 radical (unpaired) electrons. The maximum atomic E-state index is 10.1. The van der Waals surface area contributed by atoms with Crippen LogP contribution in [0.15, 0.2) is 35.2 Å². The van der Waals surface area contributed by atoms with Crippen molar-refractivity contribution in [3.8, 4) is 0 Å². The number of aliphatic hydroxyl groups is 2. The normalized spacial score (nSPS) is 23.1. The van der Waals surface area contributed by atoms with Crippen LogP contribution in [0, 0.1) is 0 Å². The lowest BCUT2D eigenvalue weighted by molar-refractivity contribution is -0.158. The van der Waals surface area contributed by atoms with Gasteiger partial charge in [-0.25, -0.2) is 0 Å². The molecule has 3 atom stereocenters. The minimum atomic E-state index is -1.09. The molecule has 1 saturated heterocycles. The molecule has 3 heterocycles. The largest absolute Gasteiger partial charge is 0.394 e. The number of fused-ring (bicyclic) bond motifs is 1. The van der Waals surface area contributed by atoms with Crippen molar-refractivity contribution in [1.29, 1.82) is 0 Å². The van der Waals surface area contributed by atoms with Crippen molar-refractivity contribution in [3.63, 3.8) is 0 Å². The number of hydrogen-bond donors (Lipinski definition) is 2. The van der Waals surface area contributed by atoms with E-state index in [1.165, 1.54) is 16.2 Å². The Morgan fingerprint density at radius 3 is 2.78 bits per heavy atom. The molecule has 0 amide bonds. The van der Waals surface area contributed by atoms with Gasteiger partial charge < -0.3 is 19.7 Å². The van der Waals surface area contributed by atoms with E-state index in [0.717, 1.165) is 5.01 Å². The molecule has 0 spiro atoms. The molecule has 8 nitrogen and oxygen atoms in total. The minimum Gasteiger partial charge on any atom is -0.394 e. The van der Waals surface area contributed by atoms with Gasteiger partial charge in [0.25, 0.3) is 0 Å². The Kier molecular flexibility index (Phi) is 5.19. The minimum absolute atomic E-state index is 0.432. The highest BCUT2D eigenvalue weighted by Crippen LogP contribution is 2.39. The van der Waals surface area contributed by atoms with Crippen LogP contribution in [0.4, 0.5) is 0 Å². The van der Waals surface area contributed by atoms with Crippen molar-refractivity contribution in [2.24, 2.45) is 0 Å². The number of benzene rings is 1. The Bertz CT molecular complexity index is 914. The van der Waals surface area contributed by atoms with Gasteiger partial charge in [-0.3, -0.25) is 0 Å². The van der Waals surface area contributed by atoms with Gasteiger partial charge in [0.05, 0.1) is 12.4 Å². The van der Waals surface area contributed by atoms with Gasteiger partial charge in [0.1, 0.15) is 17.2 Å². The summed E-state index contributed by atoms with van der Waals surface area (Å²) in [5.74, 6) is 0.271. The second-order valence-corrected chi connectivity index (χ2v) is 8.71. The van der Waals surface area contributed by atoms with Crippen LogP contribution < -0.4 is 0 Å². The summed E-state index contributed by atoms with van der Waals surface area (Å²) in [5.41, 5.74) is 0. The molecule has 2 aromatic heterocycles. The molecular formula is C17H20N4O4S2. The van der Waals surface area contributed by atoms with Gasteiger partial charge in [-0.15, -0.1) is 22.0 Å². The first-order valence-electron chi connectivity index (χ1n) is 8.50. The van der Waals surface area contributed by atoms with Gasteiger partial charge in [0.15, 0.2) is 17.7 Å². The molecule has 10 heteroatoms. The van der Waals surface area contributed by atoms with E-state index in [1.54, 1.807) is 30.1 Å². The maximum Gasteiger partial charge on any atom is 0.234 e. The van der Waals surface area contributed by atoms with Crippen molar-refractivity contribution in [2.45, 2.75) is 48.6 Å². The van der Waals surface area contributed by atoms with Gasteiger partial charge in [-0.2, -0.15) is 9.61 Å². The van der Waals surface area contributed by atoms with Crippen LogP contribution in [-0.4, -0.2) is 54.6 Å². The summed E-state index contributed by atoms with van der Waals surface area (Å²) in [7, 11) is 0. The monoisotopic (exact) mass is 408 g/mol. The number of aromatic nitrogens is 4. The first kappa shape index (κ1) is 18.8. The lowest BCUT2D eigenvalue weighted by atomic mass is 10.1. The van der Waals surface area contributed by atoms with Crippen LogP contribution >= 0.6 is 23.1 Å². The number of ether oxygens (including phenoxy) is 2. The number of thioether (sulfide) groups is 1. The number of aliphatic hydroxyl groups excluding tert-OH is 2. The molecule has 0 saturated carbocycles.